The molecule has 0 fully saturated rings. The molecule has 164 valence electrons. The van der Waals surface area contributed by atoms with Crippen LogP contribution in [0.5, 0.6) is 0 Å². The van der Waals surface area contributed by atoms with Crippen LogP contribution in [0.2, 0.25) is 5.02 Å². The molecule has 0 atom stereocenters. The number of anilines is 1. The monoisotopic (exact) mass is 451 g/mol. The van der Waals surface area contributed by atoms with Crippen LogP contribution >= 0.6 is 11.6 Å². The molecular formula is C22H30ClN3O3S. The van der Waals surface area contributed by atoms with Crippen molar-refractivity contribution >= 4 is 33.2 Å². The van der Waals surface area contributed by atoms with Gasteiger partial charge < -0.3 is 10.2 Å². The zero-order valence-corrected chi connectivity index (χ0v) is 19.7. The lowest BCUT2D eigenvalue weighted by Gasteiger charge is -2.24. The minimum absolute atomic E-state index is 0.0446. The van der Waals surface area contributed by atoms with E-state index in [-0.39, 0.29) is 21.5 Å². The zero-order valence-electron chi connectivity index (χ0n) is 18.1. The fourth-order valence-corrected chi connectivity index (χ4v) is 4.57. The van der Waals surface area contributed by atoms with E-state index in [1.807, 2.05) is 25.1 Å². The molecule has 0 spiro atoms. The number of amides is 1. The van der Waals surface area contributed by atoms with E-state index in [1.165, 1.54) is 35.1 Å². The maximum Gasteiger partial charge on any atom is 0.252 e. The number of carbonyl (C=O) groups excluding carboxylic acids is 1. The summed E-state index contributed by atoms with van der Waals surface area (Å²) in [6.45, 7) is 9.50. The first kappa shape index (κ1) is 24.2. The van der Waals surface area contributed by atoms with Gasteiger partial charge in [0.15, 0.2) is 0 Å². The van der Waals surface area contributed by atoms with Crippen molar-refractivity contribution in [3.05, 3.63) is 58.6 Å². The van der Waals surface area contributed by atoms with Crippen LogP contribution in [0.3, 0.4) is 0 Å². The smallest absolute Gasteiger partial charge is 0.252 e. The summed E-state index contributed by atoms with van der Waals surface area (Å²) in [5.74, 6) is -0.399. The molecule has 8 heteroatoms. The normalized spacial score (nSPS) is 11.7. The van der Waals surface area contributed by atoms with E-state index in [1.54, 1.807) is 13.8 Å². The molecule has 2 aromatic carbocycles. The average molecular weight is 452 g/mol. The molecular weight excluding hydrogens is 422 g/mol. The van der Waals surface area contributed by atoms with Gasteiger partial charge in [0, 0.05) is 38.4 Å². The van der Waals surface area contributed by atoms with Crippen LogP contribution in [0.15, 0.2) is 47.4 Å². The van der Waals surface area contributed by atoms with Gasteiger partial charge in [0.25, 0.3) is 5.91 Å². The summed E-state index contributed by atoms with van der Waals surface area (Å²) in [6, 6.07) is 12.2. The Morgan fingerprint density at radius 3 is 2.47 bits per heavy atom. The molecule has 1 N–H and O–H groups in total. The van der Waals surface area contributed by atoms with Crippen molar-refractivity contribution in [3.8, 4) is 0 Å². The molecule has 0 saturated heterocycles. The number of hydrogen-bond donors (Lipinski definition) is 1. The van der Waals surface area contributed by atoms with Gasteiger partial charge in [0.2, 0.25) is 10.0 Å². The number of halogens is 1. The molecule has 0 unspecified atom stereocenters. The summed E-state index contributed by atoms with van der Waals surface area (Å²) in [5, 5.41) is 3.06. The lowest BCUT2D eigenvalue weighted by atomic mass is 10.2. The van der Waals surface area contributed by atoms with Crippen LogP contribution in [0.25, 0.3) is 0 Å². The standard InChI is InChI=1S/C22H30ClN3O3S/c1-6-26(18-9-7-8-17(4)14-18)13-12-24-22(27)20-15-19(10-11-21(20)23)30(28,29)25(5)16(2)3/h7-11,14-16H,6,12-13H2,1-5H3,(H,24,27). The van der Waals surface area contributed by atoms with Crippen LogP contribution in [0.4, 0.5) is 5.69 Å². The molecule has 0 aliphatic rings. The largest absolute Gasteiger partial charge is 0.370 e. The molecule has 0 saturated carbocycles. The number of carbonyl (C=O) groups is 1. The van der Waals surface area contributed by atoms with Crippen molar-refractivity contribution in [2.75, 3.05) is 31.6 Å². The Morgan fingerprint density at radius 1 is 1.17 bits per heavy atom. The van der Waals surface area contributed by atoms with Crippen molar-refractivity contribution in [1.82, 2.24) is 9.62 Å². The molecule has 1 amide bonds. The number of nitrogens with one attached hydrogen (secondary N) is 1. The lowest BCUT2D eigenvalue weighted by Crippen LogP contribution is -2.35. The number of likely N-dealkylation sites (N-methyl/N-ethyl adjacent to an activating group) is 1. The van der Waals surface area contributed by atoms with Crippen molar-refractivity contribution < 1.29 is 13.2 Å². The van der Waals surface area contributed by atoms with Crippen LogP contribution in [-0.2, 0) is 10.0 Å². The van der Waals surface area contributed by atoms with E-state index in [9.17, 15) is 13.2 Å². The van der Waals surface area contributed by atoms with E-state index in [2.05, 4.69) is 23.2 Å². The van der Waals surface area contributed by atoms with E-state index >= 15 is 0 Å². The first-order chi connectivity index (χ1) is 14.1. The highest BCUT2D eigenvalue weighted by Gasteiger charge is 2.25. The summed E-state index contributed by atoms with van der Waals surface area (Å²) in [7, 11) is -2.19. The maximum absolute atomic E-state index is 12.7. The molecule has 0 aliphatic carbocycles. The number of hydrogen-bond acceptors (Lipinski definition) is 4. The van der Waals surface area contributed by atoms with Gasteiger partial charge in [-0.25, -0.2) is 8.42 Å². The van der Waals surface area contributed by atoms with Crippen molar-refractivity contribution in [3.63, 3.8) is 0 Å². The Hall–Kier alpha value is -2.09. The Bertz CT molecular complexity index is 993. The van der Waals surface area contributed by atoms with E-state index in [0.717, 1.165) is 12.2 Å². The highest BCUT2D eigenvalue weighted by Crippen LogP contribution is 2.23. The minimum atomic E-state index is -3.70. The second kappa shape index (κ2) is 10.3. The highest BCUT2D eigenvalue weighted by molar-refractivity contribution is 7.89. The molecule has 0 aromatic heterocycles. The van der Waals surface area contributed by atoms with Gasteiger partial charge in [-0.05, 0) is 63.6 Å². The molecule has 30 heavy (non-hydrogen) atoms. The Morgan fingerprint density at radius 2 is 1.87 bits per heavy atom. The third kappa shape index (κ3) is 5.74. The number of sulfonamides is 1. The summed E-state index contributed by atoms with van der Waals surface area (Å²) in [5.41, 5.74) is 2.41. The quantitative estimate of drug-likeness (QED) is 0.627. The fourth-order valence-electron chi connectivity index (χ4n) is 2.98. The molecule has 0 aliphatic heterocycles. The van der Waals surface area contributed by atoms with Crippen LogP contribution in [0.1, 0.15) is 36.7 Å². The molecule has 0 radical (unpaired) electrons. The number of benzene rings is 2. The maximum atomic E-state index is 12.7. The van der Waals surface area contributed by atoms with Crippen LogP contribution in [0, 0.1) is 6.92 Å². The molecule has 2 rings (SSSR count). The zero-order chi connectivity index (χ0) is 22.5. The van der Waals surface area contributed by atoms with Crippen LogP contribution in [-0.4, -0.2) is 51.4 Å². The van der Waals surface area contributed by atoms with Gasteiger partial charge in [0.1, 0.15) is 0 Å². The SMILES string of the molecule is CCN(CCNC(=O)c1cc(S(=O)(=O)N(C)C(C)C)ccc1Cl)c1cccc(C)c1. The van der Waals surface area contributed by atoms with Gasteiger partial charge in [-0.3, -0.25) is 4.79 Å². The summed E-state index contributed by atoms with van der Waals surface area (Å²) < 4.78 is 26.7. The van der Waals surface area contributed by atoms with E-state index in [0.29, 0.717) is 13.1 Å². The first-order valence-electron chi connectivity index (χ1n) is 9.95. The van der Waals surface area contributed by atoms with Crippen LogP contribution < -0.4 is 10.2 Å². The molecule has 0 heterocycles. The number of rotatable bonds is 9. The third-order valence-electron chi connectivity index (χ3n) is 5.00. The minimum Gasteiger partial charge on any atom is -0.370 e. The summed E-state index contributed by atoms with van der Waals surface area (Å²) in [6.07, 6.45) is 0. The Balaban J connectivity index is 2.12. The summed E-state index contributed by atoms with van der Waals surface area (Å²) >= 11 is 6.19. The second-order valence-corrected chi connectivity index (χ2v) is 9.84. The Labute approximate surface area is 184 Å². The van der Waals surface area contributed by atoms with Crippen molar-refractivity contribution in [2.24, 2.45) is 0 Å². The number of nitrogens with zero attached hydrogens (tertiary/aromatic N) is 2. The van der Waals surface area contributed by atoms with Gasteiger partial charge in [0.05, 0.1) is 15.5 Å². The van der Waals surface area contributed by atoms with E-state index in [4.69, 9.17) is 11.6 Å². The van der Waals surface area contributed by atoms with Crippen molar-refractivity contribution in [1.29, 1.82) is 0 Å². The average Bonchev–Trinajstić information content (AvgIpc) is 2.70. The topological polar surface area (TPSA) is 69.7 Å². The molecule has 6 nitrogen and oxygen atoms in total. The fraction of sp³-hybridized carbons (Fsp3) is 0.409. The Kier molecular flexibility index (Phi) is 8.29. The van der Waals surface area contributed by atoms with Gasteiger partial charge in [-0.15, -0.1) is 0 Å². The highest BCUT2D eigenvalue weighted by atomic mass is 35.5. The predicted molar refractivity (Wildman–Crippen MR) is 123 cm³/mol. The first-order valence-corrected chi connectivity index (χ1v) is 11.8. The third-order valence-corrected chi connectivity index (χ3v) is 7.36. The van der Waals surface area contributed by atoms with Crippen molar-refractivity contribution in [2.45, 2.75) is 38.6 Å². The summed E-state index contributed by atoms with van der Waals surface area (Å²) in [4.78, 5) is 14.9. The molecule has 0 bridgehead atoms. The van der Waals surface area contributed by atoms with Gasteiger partial charge in [-0.1, -0.05) is 23.7 Å². The lowest BCUT2D eigenvalue weighted by molar-refractivity contribution is 0.0954. The van der Waals surface area contributed by atoms with E-state index < -0.39 is 15.9 Å². The predicted octanol–water partition coefficient (Wildman–Crippen LogP) is 3.93. The second-order valence-electron chi connectivity index (χ2n) is 7.43. The van der Waals surface area contributed by atoms with Gasteiger partial charge in [-0.2, -0.15) is 4.31 Å². The van der Waals surface area contributed by atoms with Gasteiger partial charge >= 0.3 is 0 Å². The number of aryl methyl sites for hydroxylation is 1. The molecule has 2 aromatic rings.